The van der Waals surface area contributed by atoms with Crippen LogP contribution in [0, 0.1) is 5.82 Å². The van der Waals surface area contributed by atoms with Gasteiger partial charge in [-0.2, -0.15) is 13.2 Å². The van der Waals surface area contributed by atoms with E-state index < -0.39 is 17.6 Å². The zero-order chi connectivity index (χ0) is 12.9. The molecular formula is C11H13F4NO. The zero-order valence-corrected chi connectivity index (χ0v) is 9.27. The van der Waals surface area contributed by atoms with Crippen molar-refractivity contribution in [3.05, 3.63) is 35.1 Å². The van der Waals surface area contributed by atoms with Crippen LogP contribution in [-0.2, 0) is 17.5 Å². The van der Waals surface area contributed by atoms with Gasteiger partial charge in [-0.15, -0.1) is 0 Å². The van der Waals surface area contributed by atoms with Gasteiger partial charge in [0.2, 0.25) is 0 Å². The van der Waals surface area contributed by atoms with Crippen molar-refractivity contribution in [1.82, 2.24) is 5.32 Å². The summed E-state index contributed by atoms with van der Waals surface area (Å²) in [5.74, 6) is -1.25. The Kier molecular flexibility index (Phi) is 4.89. The summed E-state index contributed by atoms with van der Waals surface area (Å²) in [5, 5.41) is 2.89. The Morgan fingerprint density at radius 1 is 1.29 bits per heavy atom. The van der Waals surface area contributed by atoms with E-state index in [0.29, 0.717) is 18.7 Å². The van der Waals surface area contributed by atoms with Crippen molar-refractivity contribution in [2.24, 2.45) is 0 Å². The first-order valence-electron chi connectivity index (χ1n) is 5.00. The van der Waals surface area contributed by atoms with Crippen LogP contribution >= 0.6 is 0 Å². The molecule has 6 heteroatoms. The summed E-state index contributed by atoms with van der Waals surface area (Å²) in [6.07, 6.45) is -4.66. The number of rotatable bonds is 5. The number of alkyl halides is 3. The van der Waals surface area contributed by atoms with Crippen molar-refractivity contribution in [3.8, 4) is 0 Å². The molecule has 0 spiro atoms. The molecule has 0 fully saturated rings. The number of hydrogen-bond donors (Lipinski definition) is 1. The van der Waals surface area contributed by atoms with Gasteiger partial charge in [-0.05, 0) is 17.7 Å². The SMILES string of the molecule is COCCNCc1ccc(F)c(C(F)(F)F)c1. The van der Waals surface area contributed by atoms with Crippen LogP contribution in [0.4, 0.5) is 17.6 Å². The molecule has 1 rings (SSSR count). The van der Waals surface area contributed by atoms with E-state index in [1.54, 1.807) is 0 Å². The number of methoxy groups -OCH3 is 1. The van der Waals surface area contributed by atoms with Crippen LogP contribution in [-0.4, -0.2) is 20.3 Å². The average molecular weight is 251 g/mol. The highest BCUT2D eigenvalue weighted by molar-refractivity contribution is 5.27. The minimum atomic E-state index is -4.66. The molecule has 1 aromatic carbocycles. The molecule has 1 aromatic rings. The van der Waals surface area contributed by atoms with E-state index in [1.165, 1.54) is 13.2 Å². The monoisotopic (exact) mass is 251 g/mol. The van der Waals surface area contributed by atoms with Crippen molar-refractivity contribution in [1.29, 1.82) is 0 Å². The second-order valence-corrected chi connectivity index (χ2v) is 3.48. The van der Waals surface area contributed by atoms with Gasteiger partial charge < -0.3 is 10.1 Å². The molecular weight excluding hydrogens is 238 g/mol. The van der Waals surface area contributed by atoms with E-state index in [4.69, 9.17) is 4.74 Å². The topological polar surface area (TPSA) is 21.3 Å². The first kappa shape index (κ1) is 13.9. The van der Waals surface area contributed by atoms with E-state index in [9.17, 15) is 17.6 Å². The second kappa shape index (κ2) is 5.97. The third-order valence-corrected chi connectivity index (χ3v) is 2.15. The molecule has 0 heterocycles. The lowest BCUT2D eigenvalue weighted by Gasteiger charge is -2.10. The van der Waals surface area contributed by atoms with E-state index in [1.807, 2.05) is 0 Å². The molecule has 0 amide bonds. The smallest absolute Gasteiger partial charge is 0.383 e. The molecule has 96 valence electrons. The van der Waals surface area contributed by atoms with E-state index in [0.717, 1.165) is 12.1 Å². The molecule has 0 aromatic heterocycles. The normalized spacial score (nSPS) is 11.8. The van der Waals surface area contributed by atoms with Gasteiger partial charge in [0.25, 0.3) is 0 Å². The summed E-state index contributed by atoms with van der Waals surface area (Å²) in [7, 11) is 1.53. The molecule has 17 heavy (non-hydrogen) atoms. The molecule has 0 saturated carbocycles. The van der Waals surface area contributed by atoms with Gasteiger partial charge in [0.15, 0.2) is 0 Å². The maximum atomic E-state index is 12.9. The van der Waals surface area contributed by atoms with Crippen molar-refractivity contribution < 1.29 is 22.3 Å². The number of nitrogens with one attached hydrogen (secondary N) is 1. The van der Waals surface area contributed by atoms with Crippen LogP contribution in [0.25, 0.3) is 0 Å². The van der Waals surface area contributed by atoms with E-state index >= 15 is 0 Å². The van der Waals surface area contributed by atoms with Gasteiger partial charge in [0.05, 0.1) is 12.2 Å². The Bertz CT molecular complexity index is 365. The second-order valence-electron chi connectivity index (χ2n) is 3.48. The summed E-state index contributed by atoms with van der Waals surface area (Å²) in [6.45, 7) is 1.23. The van der Waals surface area contributed by atoms with Crippen molar-refractivity contribution >= 4 is 0 Å². The molecule has 2 nitrogen and oxygen atoms in total. The summed E-state index contributed by atoms with van der Waals surface area (Å²) in [5.41, 5.74) is -0.849. The van der Waals surface area contributed by atoms with Crippen LogP contribution in [0.5, 0.6) is 0 Å². The molecule has 0 aliphatic heterocycles. The van der Waals surface area contributed by atoms with Gasteiger partial charge in [0, 0.05) is 20.2 Å². The highest BCUT2D eigenvalue weighted by Gasteiger charge is 2.34. The lowest BCUT2D eigenvalue weighted by atomic mass is 10.1. The van der Waals surface area contributed by atoms with Gasteiger partial charge in [0.1, 0.15) is 5.82 Å². The first-order valence-corrected chi connectivity index (χ1v) is 5.00. The summed E-state index contributed by atoms with van der Waals surface area (Å²) in [6, 6.07) is 2.97. The van der Waals surface area contributed by atoms with Crippen LogP contribution in [0.3, 0.4) is 0 Å². The molecule has 0 unspecified atom stereocenters. The summed E-state index contributed by atoms with van der Waals surface area (Å²) in [4.78, 5) is 0. The van der Waals surface area contributed by atoms with Crippen LogP contribution < -0.4 is 5.32 Å². The Morgan fingerprint density at radius 3 is 2.59 bits per heavy atom. The van der Waals surface area contributed by atoms with Gasteiger partial charge in [-0.25, -0.2) is 4.39 Å². The lowest BCUT2D eigenvalue weighted by molar-refractivity contribution is -0.140. The standard InChI is InChI=1S/C11H13F4NO/c1-17-5-4-16-7-8-2-3-10(12)9(6-8)11(13,14)15/h2-3,6,16H,4-5,7H2,1H3. The van der Waals surface area contributed by atoms with Crippen LogP contribution in [0.2, 0.25) is 0 Å². The van der Waals surface area contributed by atoms with Gasteiger partial charge >= 0.3 is 6.18 Å². The zero-order valence-electron chi connectivity index (χ0n) is 9.27. The molecule has 0 radical (unpaired) electrons. The molecule has 0 bridgehead atoms. The maximum Gasteiger partial charge on any atom is 0.419 e. The molecule has 1 N–H and O–H groups in total. The first-order chi connectivity index (χ1) is 7.95. The molecule has 0 atom stereocenters. The Labute approximate surface area is 96.6 Å². The maximum absolute atomic E-state index is 12.9. The number of hydrogen-bond acceptors (Lipinski definition) is 2. The molecule has 0 saturated heterocycles. The Hall–Kier alpha value is -1.14. The number of halogens is 4. The quantitative estimate of drug-likeness (QED) is 0.641. The summed E-state index contributed by atoms with van der Waals surface area (Å²) >= 11 is 0. The fourth-order valence-electron chi connectivity index (χ4n) is 1.31. The van der Waals surface area contributed by atoms with Crippen LogP contribution in [0.1, 0.15) is 11.1 Å². The highest BCUT2D eigenvalue weighted by Crippen LogP contribution is 2.31. The molecule has 0 aliphatic carbocycles. The lowest BCUT2D eigenvalue weighted by Crippen LogP contribution is -2.19. The number of ether oxygens (including phenoxy) is 1. The Morgan fingerprint density at radius 2 is 2.00 bits per heavy atom. The predicted octanol–water partition coefficient (Wildman–Crippen LogP) is 2.58. The third kappa shape index (κ3) is 4.32. The van der Waals surface area contributed by atoms with E-state index in [2.05, 4.69) is 5.32 Å². The average Bonchev–Trinajstić information content (AvgIpc) is 2.25. The number of benzene rings is 1. The molecule has 0 aliphatic rings. The predicted molar refractivity (Wildman–Crippen MR) is 55.0 cm³/mol. The Balaban J connectivity index is 2.69. The fourth-order valence-corrected chi connectivity index (χ4v) is 1.31. The van der Waals surface area contributed by atoms with Crippen molar-refractivity contribution in [2.75, 3.05) is 20.3 Å². The minimum Gasteiger partial charge on any atom is -0.383 e. The van der Waals surface area contributed by atoms with Crippen molar-refractivity contribution in [3.63, 3.8) is 0 Å². The van der Waals surface area contributed by atoms with Crippen molar-refractivity contribution in [2.45, 2.75) is 12.7 Å². The minimum absolute atomic E-state index is 0.243. The van der Waals surface area contributed by atoms with E-state index in [-0.39, 0.29) is 6.54 Å². The largest absolute Gasteiger partial charge is 0.419 e. The third-order valence-electron chi connectivity index (χ3n) is 2.15. The van der Waals surface area contributed by atoms with Crippen LogP contribution in [0.15, 0.2) is 18.2 Å². The highest BCUT2D eigenvalue weighted by atomic mass is 19.4. The van der Waals surface area contributed by atoms with Gasteiger partial charge in [-0.3, -0.25) is 0 Å². The van der Waals surface area contributed by atoms with Gasteiger partial charge in [-0.1, -0.05) is 6.07 Å². The summed E-state index contributed by atoms with van der Waals surface area (Å²) < 4.78 is 54.9. The fraction of sp³-hybridized carbons (Fsp3) is 0.455.